The number of rotatable bonds is 3. The fourth-order valence-corrected chi connectivity index (χ4v) is 1.58. The van der Waals surface area contributed by atoms with Crippen molar-refractivity contribution in [3.05, 3.63) is 52.8 Å². The lowest BCUT2D eigenvalue weighted by atomic mass is 10.2. The molecule has 98 valence electrons. The molecule has 0 amide bonds. The first kappa shape index (κ1) is 13.2. The van der Waals surface area contributed by atoms with Gasteiger partial charge in [-0.1, -0.05) is 11.6 Å². The predicted octanol–water partition coefficient (Wildman–Crippen LogP) is 3.55. The Morgan fingerprint density at radius 3 is 2.63 bits per heavy atom. The Kier molecular flexibility index (Phi) is 3.57. The van der Waals surface area contributed by atoms with E-state index in [1.54, 1.807) is 0 Å². The summed E-state index contributed by atoms with van der Waals surface area (Å²) in [7, 11) is 0. The molecule has 0 radical (unpaired) electrons. The average Bonchev–Trinajstić information content (AvgIpc) is 2.33. The maximum Gasteiger partial charge on any atom is 0.339 e. The van der Waals surface area contributed by atoms with Crippen molar-refractivity contribution < 1.29 is 19.0 Å². The van der Waals surface area contributed by atoms with E-state index in [-0.39, 0.29) is 22.1 Å². The maximum atomic E-state index is 13.3. The van der Waals surface area contributed by atoms with E-state index in [0.717, 1.165) is 6.07 Å². The molecular formula is C13H9ClFNO3. The number of carboxylic acids is 1. The molecule has 6 heteroatoms. The van der Waals surface area contributed by atoms with Gasteiger partial charge in [0.15, 0.2) is 0 Å². The zero-order valence-electron chi connectivity index (χ0n) is 9.56. The Morgan fingerprint density at radius 2 is 2.00 bits per heavy atom. The number of ether oxygens (including phenoxy) is 1. The number of carboxylic acid groups (broad SMARTS) is 1. The van der Waals surface area contributed by atoms with Gasteiger partial charge in [0.05, 0.1) is 5.02 Å². The monoisotopic (exact) mass is 281 g/mol. The fourth-order valence-electron chi connectivity index (χ4n) is 1.47. The first-order chi connectivity index (χ1) is 8.97. The quantitative estimate of drug-likeness (QED) is 0.844. The number of nitrogens with two attached hydrogens (primary N) is 1. The minimum atomic E-state index is -1.16. The van der Waals surface area contributed by atoms with Gasteiger partial charge in [-0.2, -0.15) is 0 Å². The van der Waals surface area contributed by atoms with Crippen LogP contribution in [0.3, 0.4) is 0 Å². The highest BCUT2D eigenvalue weighted by Crippen LogP contribution is 2.29. The minimum absolute atomic E-state index is 0.0363. The van der Waals surface area contributed by atoms with Crippen LogP contribution in [0.1, 0.15) is 10.4 Å². The Bertz CT molecular complexity index is 646. The van der Waals surface area contributed by atoms with E-state index < -0.39 is 11.8 Å². The van der Waals surface area contributed by atoms with Crippen molar-refractivity contribution in [3.63, 3.8) is 0 Å². The van der Waals surface area contributed by atoms with Gasteiger partial charge in [0, 0.05) is 17.8 Å². The SMILES string of the molecule is Nc1ccc(C(=O)O)c(Oc2ccc(Cl)c(F)c2)c1. The van der Waals surface area contributed by atoms with Crippen molar-refractivity contribution in [2.45, 2.75) is 0 Å². The van der Waals surface area contributed by atoms with E-state index in [1.165, 1.54) is 30.3 Å². The molecule has 0 saturated heterocycles. The summed E-state index contributed by atoms with van der Waals surface area (Å²) >= 11 is 5.55. The van der Waals surface area contributed by atoms with Crippen LogP contribution in [0, 0.1) is 5.82 Å². The van der Waals surface area contributed by atoms with Crippen LogP contribution in [-0.2, 0) is 0 Å². The van der Waals surface area contributed by atoms with E-state index in [0.29, 0.717) is 5.69 Å². The first-order valence-corrected chi connectivity index (χ1v) is 5.61. The molecule has 0 bridgehead atoms. The van der Waals surface area contributed by atoms with Gasteiger partial charge in [0.2, 0.25) is 0 Å². The molecule has 0 fully saturated rings. The first-order valence-electron chi connectivity index (χ1n) is 5.23. The highest BCUT2D eigenvalue weighted by atomic mass is 35.5. The van der Waals surface area contributed by atoms with Crippen LogP contribution in [0.2, 0.25) is 5.02 Å². The van der Waals surface area contributed by atoms with E-state index in [9.17, 15) is 9.18 Å². The molecule has 2 aromatic carbocycles. The van der Waals surface area contributed by atoms with E-state index in [4.69, 9.17) is 27.2 Å². The van der Waals surface area contributed by atoms with Crippen molar-refractivity contribution in [1.82, 2.24) is 0 Å². The summed E-state index contributed by atoms with van der Waals surface area (Å²) in [6.07, 6.45) is 0. The fraction of sp³-hybridized carbons (Fsp3) is 0. The summed E-state index contributed by atoms with van der Waals surface area (Å²) in [5.41, 5.74) is 5.84. The highest BCUT2D eigenvalue weighted by Gasteiger charge is 2.13. The number of anilines is 1. The van der Waals surface area contributed by atoms with Gasteiger partial charge in [-0.3, -0.25) is 0 Å². The number of carbonyl (C=O) groups is 1. The van der Waals surface area contributed by atoms with Gasteiger partial charge in [-0.05, 0) is 24.3 Å². The number of hydrogen-bond donors (Lipinski definition) is 2. The van der Waals surface area contributed by atoms with E-state index in [1.807, 2.05) is 0 Å². The van der Waals surface area contributed by atoms with Crippen molar-refractivity contribution in [3.8, 4) is 11.5 Å². The highest BCUT2D eigenvalue weighted by molar-refractivity contribution is 6.30. The molecule has 0 unspecified atom stereocenters. The molecule has 3 N–H and O–H groups in total. The molecular weight excluding hydrogens is 273 g/mol. The van der Waals surface area contributed by atoms with Gasteiger partial charge in [0.1, 0.15) is 22.9 Å². The van der Waals surface area contributed by atoms with Crippen molar-refractivity contribution in [2.75, 3.05) is 5.73 Å². The zero-order chi connectivity index (χ0) is 14.0. The van der Waals surface area contributed by atoms with Crippen molar-refractivity contribution >= 4 is 23.3 Å². The number of nitrogen functional groups attached to an aromatic ring is 1. The van der Waals surface area contributed by atoms with Gasteiger partial charge >= 0.3 is 5.97 Å². The zero-order valence-corrected chi connectivity index (χ0v) is 10.3. The predicted molar refractivity (Wildman–Crippen MR) is 69.3 cm³/mol. The number of halogens is 2. The second-order valence-electron chi connectivity index (χ2n) is 3.74. The Morgan fingerprint density at radius 1 is 1.26 bits per heavy atom. The van der Waals surface area contributed by atoms with E-state index in [2.05, 4.69) is 0 Å². The van der Waals surface area contributed by atoms with Crippen LogP contribution in [0.4, 0.5) is 10.1 Å². The van der Waals surface area contributed by atoms with Crippen LogP contribution in [0.5, 0.6) is 11.5 Å². The summed E-state index contributed by atoms with van der Waals surface area (Å²) in [6, 6.07) is 7.93. The third-order valence-electron chi connectivity index (χ3n) is 2.35. The third-order valence-corrected chi connectivity index (χ3v) is 2.66. The molecule has 2 rings (SSSR count). The smallest absolute Gasteiger partial charge is 0.339 e. The molecule has 0 heterocycles. The number of aromatic carboxylic acids is 1. The normalized spacial score (nSPS) is 10.2. The van der Waals surface area contributed by atoms with Crippen molar-refractivity contribution in [2.24, 2.45) is 0 Å². The summed E-state index contributed by atoms with van der Waals surface area (Å²) < 4.78 is 18.6. The van der Waals surface area contributed by atoms with Crippen LogP contribution in [0.15, 0.2) is 36.4 Å². The lowest BCUT2D eigenvalue weighted by molar-refractivity contribution is 0.0694. The van der Waals surface area contributed by atoms with Crippen molar-refractivity contribution in [1.29, 1.82) is 0 Å². The average molecular weight is 282 g/mol. The molecule has 4 nitrogen and oxygen atoms in total. The standard InChI is InChI=1S/C13H9ClFNO3/c14-10-4-2-8(6-11(10)15)19-12-5-7(16)1-3-9(12)13(17)18/h1-6H,16H2,(H,17,18). The van der Waals surface area contributed by atoms with E-state index >= 15 is 0 Å². The minimum Gasteiger partial charge on any atom is -0.478 e. The Labute approximate surface area is 113 Å². The Hall–Kier alpha value is -2.27. The summed E-state index contributed by atoms with van der Waals surface area (Å²) in [4.78, 5) is 11.0. The topological polar surface area (TPSA) is 72.6 Å². The number of hydrogen-bond acceptors (Lipinski definition) is 3. The van der Waals surface area contributed by atoms with Gasteiger partial charge in [0.25, 0.3) is 0 Å². The third kappa shape index (κ3) is 2.95. The number of benzene rings is 2. The summed E-state index contributed by atoms with van der Waals surface area (Å²) in [6.45, 7) is 0. The van der Waals surface area contributed by atoms with Crippen LogP contribution >= 0.6 is 11.6 Å². The molecule has 2 aromatic rings. The lowest BCUT2D eigenvalue weighted by Gasteiger charge is -2.09. The molecule has 19 heavy (non-hydrogen) atoms. The van der Waals surface area contributed by atoms with Crippen LogP contribution in [-0.4, -0.2) is 11.1 Å². The molecule has 0 atom stereocenters. The summed E-state index contributed by atoms with van der Waals surface area (Å²) in [5.74, 6) is -1.64. The van der Waals surface area contributed by atoms with Crippen LogP contribution in [0.25, 0.3) is 0 Å². The molecule has 0 aliphatic rings. The second kappa shape index (κ2) is 5.16. The van der Waals surface area contributed by atoms with Gasteiger partial charge < -0.3 is 15.6 Å². The molecule has 0 spiro atoms. The van der Waals surface area contributed by atoms with Gasteiger partial charge in [-0.25, -0.2) is 9.18 Å². The Balaban J connectivity index is 2.39. The molecule has 0 aliphatic carbocycles. The van der Waals surface area contributed by atoms with Gasteiger partial charge in [-0.15, -0.1) is 0 Å². The molecule has 0 aromatic heterocycles. The largest absolute Gasteiger partial charge is 0.478 e. The molecule has 0 aliphatic heterocycles. The maximum absolute atomic E-state index is 13.3. The summed E-state index contributed by atoms with van der Waals surface area (Å²) in [5, 5.41) is 8.97. The molecule has 0 saturated carbocycles. The lowest BCUT2D eigenvalue weighted by Crippen LogP contribution is -2.01. The second-order valence-corrected chi connectivity index (χ2v) is 4.15. The van der Waals surface area contributed by atoms with Crippen LogP contribution < -0.4 is 10.5 Å².